The van der Waals surface area contributed by atoms with E-state index in [2.05, 4.69) is 15.1 Å². The van der Waals surface area contributed by atoms with Crippen molar-refractivity contribution in [3.8, 4) is 40.0 Å². The van der Waals surface area contributed by atoms with Crippen molar-refractivity contribution in [3.63, 3.8) is 0 Å². The highest BCUT2D eigenvalue weighted by Crippen LogP contribution is 2.33. The fourth-order valence-corrected chi connectivity index (χ4v) is 3.21. The number of aromatic nitrogens is 5. The molecule has 3 aromatic heterocycles. The molecule has 0 aliphatic heterocycles. The van der Waals surface area contributed by atoms with Gasteiger partial charge in [-0.2, -0.15) is 14.8 Å². The molecule has 32 heavy (non-hydrogen) atoms. The average Bonchev–Trinajstić information content (AvgIpc) is 3.16. The van der Waals surface area contributed by atoms with E-state index in [1.165, 1.54) is 23.3 Å². The molecule has 0 unspecified atom stereocenters. The number of hydrogen-bond donors (Lipinski definition) is 1. The number of pyridine rings is 1. The van der Waals surface area contributed by atoms with Gasteiger partial charge in [-0.1, -0.05) is 0 Å². The first-order chi connectivity index (χ1) is 15.4. The van der Waals surface area contributed by atoms with Crippen LogP contribution in [-0.4, -0.2) is 32.8 Å². The first-order valence-corrected chi connectivity index (χ1v) is 9.63. The maximum absolute atomic E-state index is 11.5. The van der Waals surface area contributed by atoms with Gasteiger partial charge in [0.1, 0.15) is 18.0 Å². The first-order valence-electron chi connectivity index (χ1n) is 9.63. The molecule has 1 aromatic carbocycles. The molecule has 10 nitrogen and oxygen atoms in total. The van der Waals surface area contributed by atoms with Gasteiger partial charge in [-0.25, -0.2) is 4.98 Å². The Morgan fingerprint density at radius 3 is 2.84 bits per heavy atom. The van der Waals surface area contributed by atoms with Gasteiger partial charge in [-0.15, -0.1) is 0 Å². The van der Waals surface area contributed by atoms with Crippen LogP contribution in [0.3, 0.4) is 0 Å². The van der Waals surface area contributed by atoms with Crippen LogP contribution in [0.5, 0.6) is 17.5 Å². The molecule has 3 heterocycles. The Morgan fingerprint density at radius 1 is 1.25 bits per heavy atom. The Kier molecular flexibility index (Phi) is 5.67. The molecule has 4 rings (SSSR count). The van der Waals surface area contributed by atoms with Gasteiger partial charge < -0.3 is 20.4 Å². The molecule has 1 amide bonds. The highest BCUT2D eigenvalue weighted by atomic mass is 16.5. The number of nitrogens with two attached hydrogens (primary N) is 1. The van der Waals surface area contributed by atoms with Crippen molar-refractivity contribution in [3.05, 3.63) is 72.0 Å². The Hall–Kier alpha value is -4.47. The van der Waals surface area contributed by atoms with Crippen molar-refractivity contribution < 1.29 is 19.0 Å². The zero-order valence-electron chi connectivity index (χ0n) is 17.4. The third kappa shape index (κ3) is 4.64. The lowest BCUT2D eigenvalue weighted by Gasteiger charge is -2.08. The van der Waals surface area contributed by atoms with E-state index < -0.39 is 5.91 Å². The number of rotatable bonds is 7. The molecule has 10 heteroatoms. The van der Waals surface area contributed by atoms with Gasteiger partial charge in [0.2, 0.25) is 12.1 Å². The second-order valence-corrected chi connectivity index (χ2v) is 7.02. The van der Waals surface area contributed by atoms with Crippen LogP contribution in [0.1, 0.15) is 5.56 Å². The Morgan fingerprint density at radius 2 is 2.09 bits per heavy atom. The Bertz CT molecular complexity index is 1290. The van der Waals surface area contributed by atoms with E-state index >= 15 is 0 Å². The summed E-state index contributed by atoms with van der Waals surface area (Å²) in [7, 11) is 1.59. The van der Waals surface area contributed by atoms with Crippen molar-refractivity contribution >= 4 is 5.91 Å². The van der Waals surface area contributed by atoms with Crippen molar-refractivity contribution in [1.29, 1.82) is 0 Å². The lowest BCUT2D eigenvalue weighted by Crippen LogP contribution is -2.23. The van der Waals surface area contributed by atoms with Crippen LogP contribution < -0.4 is 19.9 Å². The summed E-state index contributed by atoms with van der Waals surface area (Å²) in [6, 6.07) is 10.7. The largest absolute Gasteiger partial charge is 0.619 e. The van der Waals surface area contributed by atoms with Crippen molar-refractivity contribution in [2.75, 3.05) is 7.11 Å². The van der Waals surface area contributed by atoms with E-state index in [-0.39, 0.29) is 12.6 Å². The molecular weight excluding hydrogens is 412 g/mol. The summed E-state index contributed by atoms with van der Waals surface area (Å²) in [5, 5.41) is 16.0. The van der Waals surface area contributed by atoms with Gasteiger partial charge in [0.05, 0.1) is 12.8 Å². The average molecular weight is 432 g/mol. The van der Waals surface area contributed by atoms with Crippen LogP contribution >= 0.6 is 0 Å². The SMILES string of the molecule is COc1cc(C)cc(-c2nn(CC(N)=O)cc2-c2ccnc(Oc3ccc[n+]([O-])c3)n2)c1. The minimum absolute atomic E-state index is 0.0594. The molecular formula is C22H20N6O4. The maximum Gasteiger partial charge on any atom is 0.322 e. The van der Waals surface area contributed by atoms with E-state index in [1.54, 1.807) is 31.5 Å². The quantitative estimate of drug-likeness (QED) is 0.350. The van der Waals surface area contributed by atoms with Crippen molar-refractivity contribution in [2.24, 2.45) is 5.73 Å². The number of nitrogens with zero attached hydrogens (tertiary/aromatic N) is 5. The van der Waals surface area contributed by atoms with Gasteiger partial charge in [-0.3, -0.25) is 9.48 Å². The smallest absolute Gasteiger partial charge is 0.322 e. The number of aryl methyl sites for hydroxylation is 1. The number of hydrogen-bond acceptors (Lipinski definition) is 7. The number of primary amides is 1. The molecule has 0 saturated carbocycles. The lowest BCUT2D eigenvalue weighted by molar-refractivity contribution is -0.605. The summed E-state index contributed by atoms with van der Waals surface area (Å²) in [4.78, 5) is 20.1. The van der Waals surface area contributed by atoms with Gasteiger partial charge in [0.15, 0.2) is 11.9 Å². The number of methoxy groups -OCH3 is 1. The fraction of sp³-hybridized carbons (Fsp3) is 0.136. The second-order valence-electron chi connectivity index (χ2n) is 7.02. The molecule has 0 radical (unpaired) electrons. The number of benzene rings is 1. The van der Waals surface area contributed by atoms with Crippen LogP contribution in [-0.2, 0) is 11.3 Å². The first kappa shape index (κ1) is 20.8. The van der Waals surface area contributed by atoms with Crippen molar-refractivity contribution in [2.45, 2.75) is 13.5 Å². The van der Waals surface area contributed by atoms with Crippen LogP contribution in [0.4, 0.5) is 0 Å². The Balaban J connectivity index is 1.78. The number of ether oxygens (including phenoxy) is 2. The minimum Gasteiger partial charge on any atom is -0.619 e. The zero-order valence-corrected chi connectivity index (χ0v) is 17.4. The summed E-state index contributed by atoms with van der Waals surface area (Å²) in [6.07, 6.45) is 5.85. The van der Waals surface area contributed by atoms with E-state index in [9.17, 15) is 10.0 Å². The van der Waals surface area contributed by atoms with E-state index in [0.717, 1.165) is 11.1 Å². The molecule has 0 atom stereocenters. The summed E-state index contributed by atoms with van der Waals surface area (Å²) >= 11 is 0. The van der Waals surface area contributed by atoms with Gasteiger partial charge in [-0.05, 0) is 42.8 Å². The monoisotopic (exact) mass is 432 g/mol. The topological polar surface area (TPSA) is 132 Å². The summed E-state index contributed by atoms with van der Waals surface area (Å²) < 4.78 is 13.1. The highest BCUT2D eigenvalue weighted by molar-refractivity contribution is 5.80. The van der Waals surface area contributed by atoms with E-state index in [1.807, 2.05) is 25.1 Å². The number of carbonyl (C=O) groups is 1. The van der Waals surface area contributed by atoms with Crippen LogP contribution in [0.25, 0.3) is 22.5 Å². The predicted molar refractivity (Wildman–Crippen MR) is 115 cm³/mol. The normalized spacial score (nSPS) is 10.7. The molecule has 0 aliphatic rings. The van der Waals surface area contributed by atoms with Gasteiger partial charge >= 0.3 is 6.01 Å². The van der Waals surface area contributed by atoms with Gasteiger partial charge in [0.25, 0.3) is 0 Å². The molecule has 2 N–H and O–H groups in total. The van der Waals surface area contributed by atoms with E-state index in [0.29, 0.717) is 33.2 Å². The molecule has 0 bridgehead atoms. The summed E-state index contributed by atoms with van der Waals surface area (Å²) in [5.41, 5.74) is 8.90. The maximum atomic E-state index is 11.5. The number of carbonyl (C=O) groups excluding carboxylic acids is 1. The molecule has 0 aliphatic carbocycles. The fourth-order valence-electron chi connectivity index (χ4n) is 3.21. The summed E-state index contributed by atoms with van der Waals surface area (Å²) in [6.45, 7) is 1.86. The zero-order chi connectivity index (χ0) is 22.7. The summed E-state index contributed by atoms with van der Waals surface area (Å²) in [5.74, 6) is 0.457. The number of amides is 1. The molecule has 0 fully saturated rings. The minimum atomic E-state index is -0.519. The molecule has 162 valence electrons. The van der Waals surface area contributed by atoms with Gasteiger partial charge in [0, 0.05) is 29.6 Å². The van der Waals surface area contributed by atoms with Crippen LogP contribution in [0.2, 0.25) is 0 Å². The second kappa shape index (κ2) is 8.72. The molecule has 0 saturated heterocycles. The third-order valence-electron chi connectivity index (χ3n) is 4.51. The standard InChI is InChI=1S/C22H20N6O4/c1-14-8-15(10-17(9-14)31-2)21-18(12-27(26-21)13-20(23)29)19-5-6-24-22(25-19)32-16-4-3-7-28(30)11-16/h3-12H,13H2,1-2H3,(H2,23,29). The predicted octanol–water partition coefficient (Wildman–Crippen LogP) is 2.24. The van der Waals surface area contributed by atoms with Crippen LogP contribution in [0, 0.1) is 12.1 Å². The highest BCUT2D eigenvalue weighted by Gasteiger charge is 2.17. The lowest BCUT2D eigenvalue weighted by atomic mass is 10.0. The Labute approximate surface area is 183 Å². The van der Waals surface area contributed by atoms with E-state index in [4.69, 9.17) is 15.2 Å². The molecule has 0 spiro atoms. The molecule has 4 aromatic rings. The third-order valence-corrected chi connectivity index (χ3v) is 4.51. The van der Waals surface area contributed by atoms with Crippen LogP contribution in [0.15, 0.2) is 61.2 Å². The van der Waals surface area contributed by atoms with Crippen molar-refractivity contribution in [1.82, 2.24) is 19.7 Å².